The quantitative estimate of drug-likeness (QED) is 0.657. The average molecular weight is 191 g/mol. The van der Waals surface area contributed by atoms with Gasteiger partial charge >= 0.3 is 0 Å². The van der Waals surface area contributed by atoms with E-state index in [4.69, 9.17) is 5.11 Å². The molecule has 0 atom stereocenters. The Bertz CT molecular complexity index is 277. The van der Waals surface area contributed by atoms with Gasteiger partial charge in [-0.3, -0.25) is 0 Å². The van der Waals surface area contributed by atoms with Gasteiger partial charge in [0.15, 0.2) is 0 Å². The van der Waals surface area contributed by atoms with E-state index < -0.39 is 14.8 Å². The van der Waals surface area contributed by atoms with Crippen LogP contribution in [0.3, 0.4) is 0 Å². The predicted molar refractivity (Wildman–Crippen MR) is 44.2 cm³/mol. The molecular weight excluding hydrogens is 178 g/mol. The Morgan fingerprint density at radius 1 is 1.33 bits per heavy atom. The lowest BCUT2D eigenvalue weighted by atomic mass is 10.3. The summed E-state index contributed by atoms with van der Waals surface area (Å²) in [6, 6.07) is 0. The van der Waals surface area contributed by atoms with Crippen molar-refractivity contribution >= 4 is 10.0 Å². The monoisotopic (exact) mass is 191 g/mol. The van der Waals surface area contributed by atoms with Gasteiger partial charge in [-0.2, -0.15) is 0 Å². The molecule has 70 valence electrons. The molecule has 1 aliphatic carbocycles. The van der Waals surface area contributed by atoms with Crippen molar-refractivity contribution in [2.24, 2.45) is 0 Å². The van der Waals surface area contributed by atoms with Crippen molar-refractivity contribution in [2.75, 3.05) is 19.7 Å². The molecule has 1 aliphatic heterocycles. The average Bonchev–Trinajstić information content (AvgIpc) is 2.60. The maximum absolute atomic E-state index is 11.7. The summed E-state index contributed by atoms with van der Waals surface area (Å²) in [5.74, 6) is 0. The van der Waals surface area contributed by atoms with Gasteiger partial charge < -0.3 is 5.11 Å². The number of aliphatic hydroxyl groups excluding tert-OH is 1. The Hall–Kier alpha value is -0.130. The van der Waals surface area contributed by atoms with Gasteiger partial charge in [0, 0.05) is 13.1 Å². The first kappa shape index (κ1) is 8.47. The summed E-state index contributed by atoms with van der Waals surface area (Å²) in [5.41, 5.74) is 0. The highest BCUT2D eigenvalue weighted by Crippen LogP contribution is 2.45. The largest absolute Gasteiger partial charge is 0.395 e. The number of nitrogens with zero attached hydrogens (tertiary/aromatic N) is 1. The molecule has 12 heavy (non-hydrogen) atoms. The normalized spacial score (nSPS) is 28.1. The van der Waals surface area contributed by atoms with Crippen LogP contribution in [0.4, 0.5) is 0 Å². The molecule has 0 spiro atoms. The Balaban J connectivity index is 2.20. The van der Waals surface area contributed by atoms with E-state index in [1.807, 2.05) is 0 Å². The molecule has 2 aliphatic rings. The van der Waals surface area contributed by atoms with E-state index in [0.717, 1.165) is 6.42 Å². The van der Waals surface area contributed by atoms with Crippen molar-refractivity contribution < 1.29 is 13.5 Å². The van der Waals surface area contributed by atoms with E-state index in [-0.39, 0.29) is 6.61 Å². The summed E-state index contributed by atoms with van der Waals surface area (Å²) in [5, 5.41) is 8.95. The van der Waals surface area contributed by atoms with E-state index in [9.17, 15) is 8.42 Å². The Kier molecular flexibility index (Phi) is 1.72. The standard InChI is InChI=1S/C7H13NO3S/c9-6-7(2-3-7)12(10,11)8-4-1-5-8/h9H,1-6H2. The molecule has 2 fully saturated rings. The molecule has 0 amide bonds. The topological polar surface area (TPSA) is 57.6 Å². The van der Waals surface area contributed by atoms with E-state index in [2.05, 4.69) is 0 Å². The van der Waals surface area contributed by atoms with Crippen molar-refractivity contribution in [2.45, 2.75) is 24.0 Å². The minimum Gasteiger partial charge on any atom is -0.395 e. The summed E-state index contributed by atoms with van der Waals surface area (Å²) in [7, 11) is -3.16. The number of rotatable bonds is 3. The van der Waals surface area contributed by atoms with Crippen LogP contribution in [-0.2, 0) is 10.0 Å². The number of aliphatic hydroxyl groups is 1. The smallest absolute Gasteiger partial charge is 0.222 e. The SMILES string of the molecule is O=S(=O)(N1CCC1)C1(CO)CC1. The minimum atomic E-state index is -3.16. The van der Waals surface area contributed by atoms with Gasteiger partial charge in [-0.1, -0.05) is 0 Å². The fourth-order valence-electron chi connectivity index (χ4n) is 1.44. The van der Waals surface area contributed by atoms with E-state index >= 15 is 0 Å². The maximum Gasteiger partial charge on any atom is 0.222 e. The first-order valence-electron chi connectivity index (χ1n) is 4.23. The molecule has 0 aromatic heterocycles. The first-order chi connectivity index (χ1) is 5.62. The van der Waals surface area contributed by atoms with Crippen LogP contribution in [-0.4, -0.2) is 42.3 Å². The highest BCUT2D eigenvalue weighted by Gasteiger charge is 2.57. The molecule has 1 saturated heterocycles. The molecule has 4 nitrogen and oxygen atoms in total. The van der Waals surface area contributed by atoms with Crippen LogP contribution in [0, 0.1) is 0 Å². The second kappa shape index (κ2) is 2.43. The molecule has 1 saturated carbocycles. The number of sulfonamides is 1. The van der Waals surface area contributed by atoms with Crippen LogP contribution in [0.5, 0.6) is 0 Å². The van der Waals surface area contributed by atoms with Crippen molar-refractivity contribution in [3.05, 3.63) is 0 Å². The summed E-state index contributed by atoms with van der Waals surface area (Å²) in [4.78, 5) is 0. The highest BCUT2D eigenvalue weighted by molar-refractivity contribution is 7.90. The van der Waals surface area contributed by atoms with Crippen molar-refractivity contribution in [1.29, 1.82) is 0 Å². The summed E-state index contributed by atoms with van der Waals surface area (Å²) >= 11 is 0. The number of hydrogen-bond donors (Lipinski definition) is 1. The highest BCUT2D eigenvalue weighted by atomic mass is 32.2. The van der Waals surface area contributed by atoms with Crippen LogP contribution >= 0.6 is 0 Å². The fourth-order valence-corrected chi connectivity index (χ4v) is 3.51. The van der Waals surface area contributed by atoms with Crippen molar-refractivity contribution in [3.8, 4) is 0 Å². The zero-order valence-electron chi connectivity index (χ0n) is 6.86. The van der Waals surface area contributed by atoms with Gasteiger partial charge in [0.25, 0.3) is 0 Å². The molecule has 1 N–H and O–H groups in total. The second-order valence-electron chi connectivity index (χ2n) is 3.60. The Morgan fingerprint density at radius 3 is 2.17 bits per heavy atom. The van der Waals surface area contributed by atoms with Crippen LogP contribution in [0.25, 0.3) is 0 Å². The lowest BCUT2D eigenvalue weighted by molar-refractivity contribution is 0.261. The van der Waals surface area contributed by atoms with E-state index in [1.54, 1.807) is 0 Å². The van der Waals surface area contributed by atoms with Crippen LogP contribution in [0.15, 0.2) is 0 Å². The molecule has 5 heteroatoms. The third kappa shape index (κ3) is 0.932. The third-order valence-electron chi connectivity index (χ3n) is 2.80. The molecule has 2 rings (SSSR count). The van der Waals surface area contributed by atoms with Gasteiger partial charge in [-0.15, -0.1) is 0 Å². The van der Waals surface area contributed by atoms with E-state index in [1.165, 1.54) is 4.31 Å². The van der Waals surface area contributed by atoms with Gasteiger partial charge in [0.2, 0.25) is 10.0 Å². The summed E-state index contributed by atoms with van der Waals surface area (Å²) < 4.78 is 24.1. The number of hydrogen-bond acceptors (Lipinski definition) is 3. The van der Waals surface area contributed by atoms with Gasteiger partial charge in [0.1, 0.15) is 4.75 Å². The second-order valence-corrected chi connectivity index (χ2v) is 5.93. The van der Waals surface area contributed by atoms with E-state index in [0.29, 0.717) is 25.9 Å². The zero-order chi connectivity index (χ0) is 8.82. The maximum atomic E-state index is 11.7. The summed E-state index contributed by atoms with van der Waals surface area (Å²) in [6.07, 6.45) is 2.21. The van der Waals surface area contributed by atoms with Crippen LogP contribution in [0.2, 0.25) is 0 Å². The molecular formula is C7H13NO3S. The molecule has 0 radical (unpaired) electrons. The van der Waals surface area contributed by atoms with Crippen molar-refractivity contribution in [1.82, 2.24) is 4.31 Å². The third-order valence-corrected chi connectivity index (χ3v) is 5.47. The lowest BCUT2D eigenvalue weighted by Crippen LogP contribution is -2.48. The first-order valence-corrected chi connectivity index (χ1v) is 5.67. The fraction of sp³-hybridized carbons (Fsp3) is 1.00. The van der Waals surface area contributed by atoms with Crippen LogP contribution in [0.1, 0.15) is 19.3 Å². The lowest BCUT2D eigenvalue weighted by Gasteiger charge is -2.33. The van der Waals surface area contributed by atoms with Crippen molar-refractivity contribution in [3.63, 3.8) is 0 Å². The molecule has 0 unspecified atom stereocenters. The molecule has 1 heterocycles. The van der Waals surface area contributed by atoms with Gasteiger partial charge in [0.05, 0.1) is 6.61 Å². The van der Waals surface area contributed by atoms with Gasteiger partial charge in [-0.25, -0.2) is 12.7 Å². The van der Waals surface area contributed by atoms with Gasteiger partial charge in [-0.05, 0) is 19.3 Å². The van der Waals surface area contributed by atoms with Crippen LogP contribution < -0.4 is 0 Å². The Morgan fingerprint density at radius 2 is 1.92 bits per heavy atom. The molecule has 0 bridgehead atoms. The predicted octanol–water partition coefficient (Wildman–Crippen LogP) is -0.453. The zero-order valence-corrected chi connectivity index (χ0v) is 7.68. The molecule has 0 aromatic rings. The minimum absolute atomic E-state index is 0.216. The molecule has 0 aromatic carbocycles. The Labute approximate surface area is 72.2 Å². The summed E-state index contributed by atoms with van der Waals surface area (Å²) in [6.45, 7) is 1.07.